The van der Waals surface area contributed by atoms with Crippen LogP contribution in [-0.2, 0) is 4.79 Å². The van der Waals surface area contributed by atoms with Gasteiger partial charge in [-0.05, 0) is 38.0 Å². The van der Waals surface area contributed by atoms with Crippen LogP contribution < -0.4 is 5.73 Å². The van der Waals surface area contributed by atoms with Crippen LogP contribution in [0.5, 0.6) is 0 Å². The van der Waals surface area contributed by atoms with Gasteiger partial charge in [-0.2, -0.15) is 0 Å². The van der Waals surface area contributed by atoms with Gasteiger partial charge in [-0.15, -0.1) is 0 Å². The zero-order chi connectivity index (χ0) is 10.5. The maximum Gasteiger partial charge on any atom is 0.230 e. The van der Waals surface area contributed by atoms with Crippen molar-refractivity contribution in [2.24, 2.45) is 17.1 Å². The van der Waals surface area contributed by atoms with Crippen LogP contribution in [0.4, 0.5) is 0 Å². The van der Waals surface area contributed by atoms with Gasteiger partial charge in [-0.1, -0.05) is 6.42 Å². The van der Waals surface area contributed by atoms with Gasteiger partial charge in [0.25, 0.3) is 0 Å². The summed E-state index contributed by atoms with van der Waals surface area (Å²) in [5.41, 5.74) is 5.64. The number of fused-ring (bicyclic) bond motifs is 2. The first-order valence-electron chi connectivity index (χ1n) is 6.26. The Morgan fingerprint density at radius 3 is 2.60 bits per heavy atom. The molecule has 0 spiro atoms. The third-order valence-corrected chi connectivity index (χ3v) is 4.83. The molecule has 2 bridgehead atoms. The number of piperidine rings is 1. The fraction of sp³-hybridized carbons (Fsp3) is 0.917. The molecule has 2 N–H and O–H groups in total. The molecule has 0 aromatic carbocycles. The van der Waals surface area contributed by atoms with Crippen LogP contribution in [0.1, 0.15) is 38.5 Å². The van der Waals surface area contributed by atoms with Crippen molar-refractivity contribution >= 4 is 5.91 Å². The van der Waals surface area contributed by atoms with Crippen LogP contribution in [0.15, 0.2) is 0 Å². The maximum atomic E-state index is 12.4. The molecular formula is C12H20N2O. The summed E-state index contributed by atoms with van der Waals surface area (Å²) in [6.45, 7) is 1.57. The maximum absolute atomic E-state index is 12.4. The Balaban J connectivity index is 1.74. The van der Waals surface area contributed by atoms with Crippen molar-refractivity contribution in [2.75, 3.05) is 13.1 Å². The quantitative estimate of drug-likeness (QED) is 0.739. The molecule has 1 aliphatic heterocycles. The van der Waals surface area contributed by atoms with Gasteiger partial charge in [0.05, 0.1) is 5.41 Å². The first-order valence-corrected chi connectivity index (χ1v) is 6.26. The van der Waals surface area contributed by atoms with Gasteiger partial charge in [-0.3, -0.25) is 4.79 Å². The average Bonchev–Trinajstić information content (AvgIpc) is 2.77. The summed E-state index contributed by atoms with van der Waals surface area (Å²) in [6, 6.07) is 0.562. The number of nitrogens with two attached hydrogens (primary N) is 1. The van der Waals surface area contributed by atoms with E-state index in [1.165, 1.54) is 25.7 Å². The molecule has 0 radical (unpaired) electrons. The lowest BCUT2D eigenvalue weighted by Gasteiger charge is -2.44. The number of hydrogen-bond donors (Lipinski definition) is 1. The monoisotopic (exact) mass is 208 g/mol. The summed E-state index contributed by atoms with van der Waals surface area (Å²) in [5, 5.41) is 0. The molecule has 0 aromatic heterocycles. The van der Waals surface area contributed by atoms with Crippen LogP contribution in [0.3, 0.4) is 0 Å². The van der Waals surface area contributed by atoms with Crippen molar-refractivity contribution in [3.05, 3.63) is 0 Å². The molecule has 1 heterocycles. The predicted octanol–water partition coefficient (Wildman–Crippen LogP) is 1.13. The molecule has 15 heavy (non-hydrogen) atoms. The van der Waals surface area contributed by atoms with Gasteiger partial charge in [0, 0.05) is 19.1 Å². The normalized spacial score (nSPS) is 36.7. The summed E-state index contributed by atoms with van der Waals surface area (Å²) in [6.07, 6.45) is 7.06. The number of amides is 1. The number of carbonyl (C=O) groups is 1. The largest absolute Gasteiger partial charge is 0.339 e. The lowest BCUT2D eigenvalue weighted by molar-refractivity contribution is -0.148. The van der Waals surface area contributed by atoms with E-state index in [2.05, 4.69) is 4.90 Å². The highest BCUT2D eigenvalue weighted by molar-refractivity contribution is 5.84. The number of nitrogens with zero attached hydrogens (tertiary/aromatic N) is 1. The molecule has 2 unspecified atom stereocenters. The fourth-order valence-electron chi connectivity index (χ4n) is 3.59. The molecule has 0 aromatic rings. The molecule has 3 aliphatic rings. The summed E-state index contributed by atoms with van der Waals surface area (Å²) in [7, 11) is 0. The van der Waals surface area contributed by atoms with Gasteiger partial charge >= 0.3 is 0 Å². The molecule has 2 aliphatic carbocycles. The van der Waals surface area contributed by atoms with Crippen LogP contribution in [-0.4, -0.2) is 29.9 Å². The topological polar surface area (TPSA) is 46.3 Å². The van der Waals surface area contributed by atoms with E-state index in [-0.39, 0.29) is 5.41 Å². The Hall–Kier alpha value is -0.570. The van der Waals surface area contributed by atoms with Crippen molar-refractivity contribution < 1.29 is 4.79 Å². The van der Waals surface area contributed by atoms with Gasteiger partial charge in [-0.25, -0.2) is 0 Å². The summed E-state index contributed by atoms with van der Waals surface area (Å²) in [5.74, 6) is 1.18. The smallest absolute Gasteiger partial charge is 0.230 e. The van der Waals surface area contributed by atoms with Crippen molar-refractivity contribution in [2.45, 2.75) is 44.6 Å². The van der Waals surface area contributed by atoms with Crippen LogP contribution >= 0.6 is 0 Å². The molecular weight excluding hydrogens is 188 g/mol. The lowest BCUT2D eigenvalue weighted by atomic mass is 9.67. The van der Waals surface area contributed by atoms with Gasteiger partial charge in [0.15, 0.2) is 0 Å². The summed E-state index contributed by atoms with van der Waals surface area (Å²) in [4.78, 5) is 14.6. The predicted molar refractivity (Wildman–Crippen MR) is 58.2 cm³/mol. The number of hydrogen-bond acceptors (Lipinski definition) is 2. The minimum absolute atomic E-state index is 0.148. The Bertz CT molecular complexity index is 280. The van der Waals surface area contributed by atoms with Crippen molar-refractivity contribution in [3.8, 4) is 0 Å². The van der Waals surface area contributed by atoms with E-state index < -0.39 is 0 Å². The zero-order valence-electron chi connectivity index (χ0n) is 9.24. The molecule has 84 valence electrons. The van der Waals surface area contributed by atoms with Crippen molar-refractivity contribution in [3.63, 3.8) is 0 Å². The van der Waals surface area contributed by atoms with Crippen molar-refractivity contribution in [1.82, 2.24) is 4.90 Å². The minimum atomic E-state index is -0.148. The molecule has 1 saturated heterocycles. The number of likely N-dealkylation sites (tertiary alicyclic amines) is 1. The van der Waals surface area contributed by atoms with E-state index in [9.17, 15) is 4.79 Å². The molecule has 2 saturated carbocycles. The summed E-state index contributed by atoms with van der Waals surface area (Å²) >= 11 is 0. The highest BCUT2D eigenvalue weighted by Gasteiger charge is 2.50. The van der Waals surface area contributed by atoms with Gasteiger partial charge in [0.2, 0.25) is 5.91 Å². The van der Waals surface area contributed by atoms with Crippen molar-refractivity contribution in [1.29, 1.82) is 0 Å². The van der Waals surface area contributed by atoms with Gasteiger partial charge in [0.1, 0.15) is 0 Å². The highest BCUT2D eigenvalue weighted by Crippen LogP contribution is 2.46. The number of carbonyl (C=O) groups excluding carboxylic acids is 1. The average molecular weight is 208 g/mol. The van der Waals surface area contributed by atoms with E-state index in [1.54, 1.807) is 0 Å². The fourth-order valence-corrected chi connectivity index (χ4v) is 3.59. The van der Waals surface area contributed by atoms with Gasteiger partial charge < -0.3 is 10.6 Å². The van der Waals surface area contributed by atoms with E-state index in [0.29, 0.717) is 18.5 Å². The first kappa shape index (κ1) is 9.64. The minimum Gasteiger partial charge on any atom is -0.339 e. The second kappa shape index (κ2) is 3.21. The van der Waals surface area contributed by atoms with Crippen LogP contribution in [0.2, 0.25) is 0 Å². The number of rotatable bonds is 2. The standard InChI is InChI=1S/C12H20N2O/c13-8-12(4-1-5-12)11(15)14-7-9-2-3-10(14)6-9/h9-10H,1-8,13H2. The van der Waals surface area contributed by atoms with Crippen LogP contribution in [0.25, 0.3) is 0 Å². The molecule has 3 rings (SSSR count). The molecule has 1 amide bonds. The highest BCUT2D eigenvalue weighted by atomic mass is 16.2. The lowest BCUT2D eigenvalue weighted by Crippen LogP contribution is -2.53. The Kier molecular flexibility index (Phi) is 2.06. The van der Waals surface area contributed by atoms with E-state index in [4.69, 9.17) is 5.73 Å². The second-order valence-corrected chi connectivity index (χ2v) is 5.63. The third kappa shape index (κ3) is 1.25. The molecule has 3 fully saturated rings. The Morgan fingerprint density at radius 2 is 2.20 bits per heavy atom. The third-order valence-electron chi connectivity index (χ3n) is 4.83. The molecule has 2 atom stereocenters. The van der Waals surface area contributed by atoms with E-state index >= 15 is 0 Å². The molecule has 3 nitrogen and oxygen atoms in total. The Morgan fingerprint density at radius 1 is 1.40 bits per heavy atom. The van der Waals surface area contributed by atoms with E-state index in [1.807, 2.05) is 0 Å². The zero-order valence-corrected chi connectivity index (χ0v) is 9.24. The Labute approximate surface area is 91.0 Å². The summed E-state index contributed by atoms with van der Waals surface area (Å²) < 4.78 is 0. The first-order chi connectivity index (χ1) is 7.25. The molecule has 3 heteroatoms. The SMILES string of the molecule is NCC1(C(=O)N2CC3CCC2C3)CCC1. The van der Waals surface area contributed by atoms with Crippen LogP contribution in [0, 0.1) is 11.3 Å². The van der Waals surface area contributed by atoms with E-state index in [0.717, 1.165) is 25.3 Å². The second-order valence-electron chi connectivity index (χ2n) is 5.63.